The molecule has 3 N–H and O–H groups in total. The van der Waals surface area contributed by atoms with Gasteiger partial charge in [0.1, 0.15) is 5.75 Å². The summed E-state index contributed by atoms with van der Waals surface area (Å²) in [5.74, 6) is 1.27. The molecule has 2 aliphatic carbocycles. The molecule has 2 fully saturated rings. The Bertz CT molecular complexity index is 866. The van der Waals surface area contributed by atoms with Gasteiger partial charge in [0.15, 0.2) is 0 Å². The van der Waals surface area contributed by atoms with Crippen molar-refractivity contribution in [1.29, 1.82) is 0 Å². The highest BCUT2D eigenvalue weighted by Gasteiger charge is 2.58. The van der Waals surface area contributed by atoms with Gasteiger partial charge in [0.25, 0.3) is 0 Å². The third kappa shape index (κ3) is 3.44. The summed E-state index contributed by atoms with van der Waals surface area (Å²) in [6.07, 6.45) is 7.07. The van der Waals surface area contributed by atoms with E-state index in [2.05, 4.69) is 23.3 Å². The van der Waals surface area contributed by atoms with Gasteiger partial charge in [-0.15, -0.1) is 0 Å². The Hall–Kier alpha value is -2.40. The number of benzene rings is 1. The first-order valence-electron chi connectivity index (χ1n) is 9.65. The molecule has 1 spiro atoms. The number of hydrogen-bond acceptors (Lipinski definition) is 4. The lowest BCUT2D eigenvalue weighted by Gasteiger charge is -2.58. The number of hydrogen-bond donors (Lipinski definition) is 2. The molecule has 1 amide bonds. The zero-order valence-corrected chi connectivity index (χ0v) is 16.0. The smallest absolute Gasteiger partial charge is 0.240 e. The monoisotopic (exact) mass is 365 g/mol. The summed E-state index contributed by atoms with van der Waals surface area (Å²) in [5, 5.41) is 2.99. The summed E-state index contributed by atoms with van der Waals surface area (Å²) >= 11 is 0. The number of aryl methyl sites for hydroxylation is 1. The average Bonchev–Trinajstić information content (AvgIpc) is 2.59. The fourth-order valence-electron chi connectivity index (χ4n) is 4.40. The van der Waals surface area contributed by atoms with Crippen LogP contribution in [0.1, 0.15) is 48.8 Å². The van der Waals surface area contributed by atoms with Crippen molar-refractivity contribution in [3.8, 4) is 11.6 Å². The van der Waals surface area contributed by atoms with Crippen LogP contribution >= 0.6 is 0 Å². The molecule has 27 heavy (non-hydrogen) atoms. The molecule has 0 saturated heterocycles. The van der Waals surface area contributed by atoms with Crippen LogP contribution in [0.5, 0.6) is 11.6 Å². The Morgan fingerprint density at radius 1 is 1.26 bits per heavy atom. The molecule has 0 unspecified atom stereocenters. The SMILES string of the molecule is Cc1cccc(Oc2cc(CNC(=O)C3(N)CC4(CCC4)C3)ccn2)c1C. The predicted molar refractivity (Wildman–Crippen MR) is 105 cm³/mol. The summed E-state index contributed by atoms with van der Waals surface area (Å²) in [5.41, 5.74) is 9.21. The van der Waals surface area contributed by atoms with E-state index in [-0.39, 0.29) is 5.91 Å². The topological polar surface area (TPSA) is 77.2 Å². The van der Waals surface area contributed by atoms with Crippen LogP contribution in [0, 0.1) is 19.3 Å². The molecule has 4 rings (SSSR count). The van der Waals surface area contributed by atoms with E-state index in [4.69, 9.17) is 10.5 Å². The highest BCUT2D eigenvalue weighted by Crippen LogP contribution is 2.59. The van der Waals surface area contributed by atoms with Crippen molar-refractivity contribution in [3.63, 3.8) is 0 Å². The lowest BCUT2D eigenvalue weighted by Crippen LogP contribution is -2.67. The molecular formula is C22H27N3O2. The van der Waals surface area contributed by atoms with Gasteiger partial charge in [0, 0.05) is 18.8 Å². The normalized spacial score (nSPS) is 19.1. The Labute approximate surface area is 160 Å². The van der Waals surface area contributed by atoms with Crippen molar-refractivity contribution < 1.29 is 9.53 Å². The predicted octanol–water partition coefficient (Wildman–Crippen LogP) is 3.77. The van der Waals surface area contributed by atoms with Crippen molar-refractivity contribution in [2.45, 2.75) is 58.0 Å². The number of pyridine rings is 1. The van der Waals surface area contributed by atoms with Crippen molar-refractivity contribution in [2.75, 3.05) is 0 Å². The van der Waals surface area contributed by atoms with E-state index >= 15 is 0 Å². The fourth-order valence-corrected chi connectivity index (χ4v) is 4.40. The number of amides is 1. The summed E-state index contributed by atoms with van der Waals surface area (Å²) in [6.45, 7) is 4.51. The molecule has 5 nitrogen and oxygen atoms in total. The Morgan fingerprint density at radius 3 is 2.74 bits per heavy atom. The number of nitrogens with zero attached hydrogens (tertiary/aromatic N) is 1. The van der Waals surface area contributed by atoms with E-state index < -0.39 is 5.54 Å². The van der Waals surface area contributed by atoms with Crippen LogP contribution in [0.2, 0.25) is 0 Å². The van der Waals surface area contributed by atoms with Gasteiger partial charge < -0.3 is 15.8 Å². The van der Waals surface area contributed by atoms with Crippen LogP contribution in [0.15, 0.2) is 36.5 Å². The third-order valence-electron chi connectivity index (χ3n) is 6.27. The van der Waals surface area contributed by atoms with Gasteiger partial charge in [-0.05, 0) is 73.8 Å². The standard InChI is InChI=1S/C22H27N3O2/c1-15-5-3-6-18(16(15)2)27-19-11-17(7-10-24-19)12-25-20(26)22(23)13-21(14-22)8-4-9-21/h3,5-7,10-11H,4,8-9,12-14,23H2,1-2H3,(H,25,26). The van der Waals surface area contributed by atoms with Crippen LogP contribution in [0.3, 0.4) is 0 Å². The minimum Gasteiger partial charge on any atom is -0.439 e. The molecule has 142 valence electrons. The molecule has 2 aliphatic rings. The van der Waals surface area contributed by atoms with Gasteiger partial charge in [0.2, 0.25) is 11.8 Å². The first kappa shape index (κ1) is 18.0. The van der Waals surface area contributed by atoms with Gasteiger partial charge in [-0.25, -0.2) is 4.98 Å². The minimum atomic E-state index is -0.689. The van der Waals surface area contributed by atoms with Crippen LogP contribution in [0.4, 0.5) is 0 Å². The van der Waals surface area contributed by atoms with E-state index in [1.165, 1.54) is 24.8 Å². The Balaban J connectivity index is 1.37. The molecule has 0 bridgehead atoms. The highest BCUT2D eigenvalue weighted by molar-refractivity contribution is 5.87. The maximum Gasteiger partial charge on any atom is 0.240 e. The van der Waals surface area contributed by atoms with Crippen molar-refractivity contribution in [2.24, 2.45) is 11.1 Å². The quantitative estimate of drug-likeness (QED) is 0.845. The molecule has 0 atom stereocenters. The zero-order chi connectivity index (χ0) is 19.1. The molecule has 2 saturated carbocycles. The first-order chi connectivity index (χ1) is 12.9. The van der Waals surface area contributed by atoms with Gasteiger partial charge in [-0.2, -0.15) is 0 Å². The number of rotatable bonds is 5. The molecule has 5 heteroatoms. The summed E-state index contributed by atoms with van der Waals surface area (Å²) in [7, 11) is 0. The zero-order valence-electron chi connectivity index (χ0n) is 16.0. The average molecular weight is 365 g/mol. The maximum absolute atomic E-state index is 12.5. The largest absolute Gasteiger partial charge is 0.439 e. The number of ether oxygens (including phenoxy) is 1. The lowest BCUT2D eigenvalue weighted by molar-refractivity contribution is -0.140. The summed E-state index contributed by atoms with van der Waals surface area (Å²) < 4.78 is 5.94. The van der Waals surface area contributed by atoms with Crippen LogP contribution in [-0.4, -0.2) is 16.4 Å². The summed E-state index contributed by atoms with van der Waals surface area (Å²) in [4.78, 5) is 16.8. The van der Waals surface area contributed by atoms with Crippen molar-refractivity contribution >= 4 is 5.91 Å². The Morgan fingerprint density at radius 2 is 2.04 bits per heavy atom. The molecular weight excluding hydrogens is 338 g/mol. The van der Waals surface area contributed by atoms with Crippen molar-refractivity contribution in [1.82, 2.24) is 10.3 Å². The minimum absolute atomic E-state index is 0.0474. The highest BCUT2D eigenvalue weighted by atomic mass is 16.5. The van der Waals surface area contributed by atoms with E-state index in [0.717, 1.165) is 29.7 Å². The second-order valence-corrected chi connectivity index (χ2v) is 8.35. The molecule has 1 heterocycles. The van der Waals surface area contributed by atoms with Crippen LogP contribution in [0.25, 0.3) is 0 Å². The van der Waals surface area contributed by atoms with Gasteiger partial charge in [0.05, 0.1) is 5.54 Å². The number of aromatic nitrogens is 1. The molecule has 1 aromatic carbocycles. The van der Waals surface area contributed by atoms with Gasteiger partial charge in [-0.3, -0.25) is 4.79 Å². The number of nitrogens with two attached hydrogens (primary N) is 1. The Kier molecular flexibility index (Phi) is 4.42. The maximum atomic E-state index is 12.5. The summed E-state index contributed by atoms with van der Waals surface area (Å²) in [6, 6.07) is 9.70. The fraction of sp³-hybridized carbons (Fsp3) is 0.455. The molecule has 0 radical (unpaired) electrons. The number of nitrogens with one attached hydrogen (secondary N) is 1. The molecule has 0 aliphatic heterocycles. The second-order valence-electron chi connectivity index (χ2n) is 8.35. The first-order valence-corrected chi connectivity index (χ1v) is 9.65. The molecule has 2 aromatic rings. The van der Waals surface area contributed by atoms with E-state index in [1.807, 2.05) is 31.2 Å². The lowest BCUT2D eigenvalue weighted by atomic mass is 9.48. The number of carbonyl (C=O) groups is 1. The van der Waals surface area contributed by atoms with E-state index in [1.54, 1.807) is 6.20 Å². The second kappa shape index (κ2) is 6.64. The third-order valence-corrected chi connectivity index (χ3v) is 6.27. The van der Waals surface area contributed by atoms with E-state index in [9.17, 15) is 4.79 Å². The van der Waals surface area contributed by atoms with Crippen LogP contribution < -0.4 is 15.8 Å². The molecule has 1 aromatic heterocycles. The van der Waals surface area contributed by atoms with Crippen molar-refractivity contribution in [3.05, 3.63) is 53.2 Å². The number of carbonyl (C=O) groups excluding carboxylic acids is 1. The van der Waals surface area contributed by atoms with Crippen LogP contribution in [-0.2, 0) is 11.3 Å². The van der Waals surface area contributed by atoms with Gasteiger partial charge in [-0.1, -0.05) is 18.6 Å². The van der Waals surface area contributed by atoms with E-state index in [0.29, 0.717) is 17.8 Å². The van der Waals surface area contributed by atoms with Gasteiger partial charge >= 0.3 is 0 Å².